The molecule has 0 N–H and O–H groups in total. The SMILES string of the molecule is Cc1cc2c3c(c1)N(c1ccccc1)c1cc4c(cc1B3c1cc3c(cc1N2c1ccccc1)N(C(C)(C)C)C(C)(C)N3C(C)(C)C)C1(C)CCCCC1(C)N4c1ccc(C(C)(C)C)cc1. The van der Waals surface area contributed by atoms with Gasteiger partial charge in [-0.15, -0.1) is 0 Å². The van der Waals surface area contributed by atoms with Crippen molar-refractivity contribution in [3.63, 3.8) is 0 Å². The number of anilines is 10. The smallest absolute Gasteiger partial charge is 0.252 e. The fraction of sp³-hybridized carbons (Fsp3) is 0.400. The van der Waals surface area contributed by atoms with Crippen molar-refractivity contribution in [2.75, 3.05) is 24.5 Å². The molecule has 0 spiro atoms. The van der Waals surface area contributed by atoms with Gasteiger partial charge in [-0.3, -0.25) is 0 Å². The lowest BCUT2D eigenvalue weighted by molar-refractivity contribution is 0.195. The molecule has 11 rings (SSSR count). The van der Waals surface area contributed by atoms with Gasteiger partial charge >= 0.3 is 0 Å². The molecule has 1 fully saturated rings. The third-order valence-electron chi connectivity index (χ3n) is 16.5. The molecular formula is C60H70BN5. The van der Waals surface area contributed by atoms with Crippen molar-refractivity contribution in [2.45, 2.75) is 156 Å². The van der Waals surface area contributed by atoms with Crippen molar-refractivity contribution in [1.29, 1.82) is 0 Å². The van der Waals surface area contributed by atoms with E-state index in [2.05, 4.69) is 243 Å². The van der Waals surface area contributed by atoms with Crippen molar-refractivity contribution in [2.24, 2.45) is 0 Å². The third kappa shape index (κ3) is 5.91. The molecule has 0 radical (unpaired) electrons. The molecule has 6 aromatic carbocycles. The van der Waals surface area contributed by atoms with Gasteiger partial charge in [-0.2, -0.15) is 0 Å². The lowest BCUT2D eigenvalue weighted by Gasteiger charge is -2.51. The van der Waals surface area contributed by atoms with Gasteiger partial charge in [-0.1, -0.05) is 95.1 Å². The number of aryl methyl sites for hydroxylation is 1. The highest BCUT2D eigenvalue weighted by Crippen LogP contribution is 2.62. The summed E-state index contributed by atoms with van der Waals surface area (Å²) in [5.74, 6) is 0. The quantitative estimate of drug-likeness (QED) is 0.164. The highest BCUT2D eigenvalue weighted by Gasteiger charge is 2.59. The molecule has 0 aromatic heterocycles. The van der Waals surface area contributed by atoms with Crippen LogP contribution < -0.4 is 40.9 Å². The molecule has 0 amide bonds. The van der Waals surface area contributed by atoms with E-state index in [9.17, 15) is 0 Å². The summed E-state index contributed by atoms with van der Waals surface area (Å²) in [5.41, 5.74) is 20.4. The molecule has 5 nitrogen and oxygen atoms in total. The Morgan fingerprint density at radius 2 is 0.970 bits per heavy atom. The van der Waals surface area contributed by atoms with E-state index in [1.807, 2.05) is 0 Å². The highest BCUT2D eigenvalue weighted by atomic mass is 15.5. The molecule has 0 bridgehead atoms. The lowest BCUT2D eigenvalue weighted by Crippen LogP contribution is -2.63. The molecule has 6 heteroatoms. The molecule has 1 saturated carbocycles. The van der Waals surface area contributed by atoms with E-state index in [0.717, 1.165) is 6.42 Å². The Labute approximate surface area is 396 Å². The average molecular weight is 872 g/mol. The summed E-state index contributed by atoms with van der Waals surface area (Å²) in [5, 5.41) is 0. The largest absolute Gasteiger partial charge is 0.343 e. The first-order valence-corrected chi connectivity index (χ1v) is 24.8. The molecule has 66 heavy (non-hydrogen) atoms. The second-order valence-electron chi connectivity index (χ2n) is 24.3. The van der Waals surface area contributed by atoms with Gasteiger partial charge in [0.25, 0.3) is 6.71 Å². The van der Waals surface area contributed by atoms with E-state index >= 15 is 0 Å². The van der Waals surface area contributed by atoms with Crippen LogP contribution in [0.25, 0.3) is 0 Å². The van der Waals surface area contributed by atoms with Gasteiger partial charge in [0.2, 0.25) is 0 Å². The van der Waals surface area contributed by atoms with Gasteiger partial charge in [-0.05, 0) is 187 Å². The van der Waals surface area contributed by atoms with E-state index in [4.69, 9.17) is 0 Å². The van der Waals surface area contributed by atoms with Gasteiger partial charge in [-0.25, -0.2) is 0 Å². The second-order valence-corrected chi connectivity index (χ2v) is 24.3. The first-order chi connectivity index (χ1) is 31.1. The van der Waals surface area contributed by atoms with Gasteiger partial charge in [0.15, 0.2) is 0 Å². The van der Waals surface area contributed by atoms with Crippen LogP contribution in [0.2, 0.25) is 0 Å². The molecule has 5 aliphatic rings. The summed E-state index contributed by atoms with van der Waals surface area (Å²) in [4.78, 5) is 13.4. The van der Waals surface area contributed by atoms with Crippen LogP contribution in [0.3, 0.4) is 0 Å². The van der Waals surface area contributed by atoms with Crippen LogP contribution in [0.15, 0.2) is 121 Å². The molecule has 4 aliphatic heterocycles. The van der Waals surface area contributed by atoms with E-state index in [1.54, 1.807) is 0 Å². The third-order valence-corrected chi connectivity index (χ3v) is 16.5. The van der Waals surface area contributed by atoms with E-state index in [1.165, 1.54) is 109 Å². The summed E-state index contributed by atoms with van der Waals surface area (Å²) >= 11 is 0. The fourth-order valence-electron chi connectivity index (χ4n) is 14.0. The first kappa shape index (κ1) is 43.0. The van der Waals surface area contributed by atoms with Crippen molar-refractivity contribution < 1.29 is 0 Å². The maximum Gasteiger partial charge on any atom is 0.252 e. The van der Waals surface area contributed by atoms with E-state index in [0.29, 0.717) is 0 Å². The van der Waals surface area contributed by atoms with Gasteiger partial charge in [0.1, 0.15) is 5.66 Å². The Balaban J connectivity index is 1.25. The normalized spacial score (nSPS) is 21.6. The molecule has 338 valence electrons. The predicted molar refractivity (Wildman–Crippen MR) is 285 cm³/mol. The van der Waals surface area contributed by atoms with Crippen LogP contribution in [0.1, 0.15) is 132 Å². The van der Waals surface area contributed by atoms with E-state index in [-0.39, 0.29) is 39.8 Å². The standard InChI is InChI=1S/C60H70BN5/c1-39-33-52-54-53(34-39)63(42-25-19-16-20-26-42)49-38-51-50(65(56(5,6)7)58(11,12)66(51)57(8,9)10)36-46(49)61(54)45-35-44-47(37-48(45)62(52)41-23-17-15-18-24-41)64(60(14)32-22-21-31-59(44,60)13)43-29-27-40(28-30-43)55(2,3)4/h15-20,23-30,33-38H,21-22,31-32H2,1-14H3. The number of para-hydroxylation sites is 2. The van der Waals surface area contributed by atoms with E-state index < -0.39 is 0 Å². The topological polar surface area (TPSA) is 16.2 Å². The highest BCUT2D eigenvalue weighted by molar-refractivity contribution is 7.00. The maximum atomic E-state index is 2.78. The number of nitrogens with zero attached hydrogens (tertiary/aromatic N) is 5. The molecule has 0 saturated heterocycles. The summed E-state index contributed by atoms with van der Waals surface area (Å²) in [7, 11) is 0. The Morgan fingerprint density at radius 3 is 1.48 bits per heavy atom. The van der Waals surface area contributed by atoms with Crippen LogP contribution in [0.4, 0.5) is 56.9 Å². The first-order valence-electron chi connectivity index (χ1n) is 24.8. The number of rotatable bonds is 3. The molecular weight excluding hydrogens is 802 g/mol. The van der Waals surface area contributed by atoms with Crippen LogP contribution in [-0.2, 0) is 10.8 Å². The van der Waals surface area contributed by atoms with Crippen LogP contribution >= 0.6 is 0 Å². The minimum Gasteiger partial charge on any atom is -0.343 e. The van der Waals surface area contributed by atoms with Crippen LogP contribution in [0.5, 0.6) is 0 Å². The summed E-state index contributed by atoms with van der Waals surface area (Å²) in [6.45, 7) is 33.6. The monoisotopic (exact) mass is 872 g/mol. The van der Waals surface area contributed by atoms with Gasteiger partial charge < -0.3 is 24.5 Å². The van der Waals surface area contributed by atoms with Crippen LogP contribution in [-0.4, -0.2) is 29.0 Å². The predicted octanol–water partition coefficient (Wildman–Crippen LogP) is 14.1. The van der Waals surface area contributed by atoms with Crippen molar-refractivity contribution in [3.05, 3.63) is 138 Å². The Kier molecular flexibility index (Phi) is 9.10. The van der Waals surface area contributed by atoms with Gasteiger partial charge in [0, 0.05) is 62.0 Å². The lowest BCUT2D eigenvalue weighted by atomic mass is 9.33. The number of benzene rings is 6. The average Bonchev–Trinajstić information content (AvgIpc) is 3.61. The minimum atomic E-state index is -0.279. The summed E-state index contributed by atoms with van der Waals surface area (Å²) in [6, 6.07) is 47.3. The zero-order valence-electron chi connectivity index (χ0n) is 42.2. The molecule has 4 heterocycles. The fourth-order valence-corrected chi connectivity index (χ4v) is 14.0. The molecule has 2 unspecified atom stereocenters. The minimum absolute atomic E-state index is 0.00306. The Hall–Kier alpha value is -5.62. The van der Waals surface area contributed by atoms with Crippen molar-refractivity contribution >= 4 is 80.0 Å². The van der Waals surface area contributed by atoms with Crippen molar-refractivity contribution in [3.8, 4) is 0 Å². The summed E-state index contributed by atoms with van der Waals surface area (Å²) in [6.07, 6.45) is 4.81. The number of fused-ring (bicyclic) bond motifs is 8. The van der Waals surface area contributed by atoms with Crippen molar-refractivity contribution in [1.82, 2.24) is 0 Å². The number of hydrogen-bond acceptors (Lipinski definition) is 5. The Bertz CT molecular complexity index is 2920. The second kappa shape index (κ2) is 14.0. The summed E-state index contributed by atoms with van der Waals surface area (Å²) < 4.78 is 0. The molecule has 1 aliphatic carbocycles. The molecule has 2 atom stereocenters. The number of hydrogen-bond donors (Lipinski definition) is 0. The Morgan fingerprint density at radius 1 is 0.485 bits per heavy atom. The van der Waals surface area contributed by atoms with Gasteiger partial charge in [0.05, 0.1) is 16.9 Å². The zero-order chi connectivity index (χ0) is 46.7. The maximum absolute atomic E-state index is 2.78. The van der Waals surface area contributed by atoms with Crippen LogP contribution in [0, 0.1) is 6.92 Å². The molecule has 6 aromatic rings. The zero-order valence-corrected chi connectivity index (χ0v) is 42.2.